The second-order valence-corrected chi connectivity index (χ2v) is 6.29. The molecule has 0 aromatic carbocycles. The number of nitrogens with two attached hydrogens (primary N) is 1. The van der Waals surface area contributed by atoms with E-state index in [0.717, 1.165) is 18.8 Å². The first-order valence-corrected chi connectivity index (χ1v) is 7.41. The van der Waals surface area contributed by atoms with E-state index in [1.165, 1.54) is 32.1 Å². The van der Waals surface area contributed by atoms with Crippen molar-refractivity contribution in [2.75, 3.05) is 0 Å². The molecule has 0 radical (unpaired) electrons. The Balaban J connectivity index is 2.59. The predicted octanol–water partition coefficient (Wildman–Crippen LogP) is 3.42. The van der Waals surface area contributed by atoms with Crippen LogP contribution in [-0.4, -0.2) is 16.6 Å². The molecular weight excluding hydrogens is 226 g/mol. The van der Waals surface area contributed by atoms with E-state index in [0.29, 0.717) is 5.92 Å². The second-order valence-electron chi connectivity index (χ2n) is 6.29. The van der Waals surface area contributed by atoms with Crippen LogP contribution in [0.2, 0.25) is 0 Å². The van der Waals surface area contributed by atoms with Crippen LogP contribution in [0.1, 0.15) is 65.7 Å². The Bertz CT molecular complexity index is 270. The van der Waals surface area contributed by atoms with Crippen LogP contribution in [0.25, 0.3) is 0 Å². The van der Waals surface area contributed by atoms with Gasteiger partial charge < -0.3 is 10.8 Å². The van der Waals surface area contributed by atoms with E-state index in [1.54, 1.807) is 6.92 Å². The van der Waals surface area contributed by atoms with E-state index in [1.807, 2.05) is 6.92 Å². The largest absolute Gasteiger partial charge is 0.480 e. The lowest BCUT2D eigenvalue weighted by Gasteiger charge is -2.35. The van der Waals surface area contributed by atoms with Gasteiger partial charge in [0.05, 0.1) is 0 Å². The molecule has 0 amide bonds. The molecule has 1 fully saturated rings. The molecule has 1 rings (SSSR count). The van der Waals surface area contributed by atoms with E-state index in [-0.39, 0.29) is 5.92 Å². The Morgan fingerprint density at radius 1 is 1.39 bits per heavy atom. The van der Waals surface area contributed by atoms with Crippen LogP contribution in [-0.2, 0) is 4.79 Å². The van der Waals surface area contributed by atoms with Crippen molar-refractivity contribution >= 4 is 5.97 Å². The molecule has 1 aliphatic carbocycles. The van der Waals surface area contributed by atoms with Gasteiger partial charge in [-0.1, -0.05) is 52.4 Å². The van der Waals surface area contributed by atoms with Gasteiger partial charge in [-0.25, -0.2) is 0 Å². The third-order valence-electron chi connectivity index (χ3n) is 4.98. The monoisotopic (exact) mass is 255 g/mol. The SMILES string of the molecule is CCC(CC(C)C(C)(N)C(=O)O)C1CCCCC1. The summed E-state index contributed by atoms with van der Waals surface area (Å²) in [5, 5.41) is 9.18. The third-order valence-corrected chi connectivity index (χ3v) is 4.98. The molecule has 0 bridgehead atoms. The molecule has 3 atom stereocenters. The summed E-state index contributed by atoms with van der Waals surface area (Å²) in [6.07, 6.45) is 8.78. The average molecular weight is 255 g/mol. The molecule has 0 saturated heterocycles. The lowest BCUT2D eigenvalue weighted by molar-refractivity contribution is -0.144. The van der Waals surface area contributed by atoms with Crippen molar-refractivity contribution in [1.29, 1.82) is 0 Å². The molecule has 3 unspecified atom stereocenters. The van der Waals surface area contributed by atoms with Crippen molar-refractivity contribution in [2.45, 2.75) is 71.3 Å². The highest BCUT2D eigenvalue weighted by molar-refractivity contribution is 5.78. The summed E-state index contributed by atoms with van der Waals surface area (Å²) in [6.45, 7) is 5.85. The molecule has 0 aliphatic heterocycles. The third kappa shape index (κ3) is 3.71. The second kappa shape index (κ2) is 6.55. The number of rotatable bonds is 6. The molecule has 0 spiro atoms. The maximum absolute atomic E-state index is 11.2. The van der Waals surface area contributed by atoms with Gasteiger partial charge >= 0.3 is 5.97 Å². The topological polar surface area (TPSA) is 63.3 Å². The number of carboxylic acids is 1. The predicted molar refractivity (Wildman–Crippen MR) is 74.4 cm³/mol. The average Bonchev–Trinajstić information content (AvgIpc) is 2.36. The summed E-state index contributed by atoms with van der Waals surface area (Å²) >= 11 is 0. The van der Waals surface area contributed by atoms with E-state index >= 15 is 0 Å². The maximum atomic E-state index is 11.2. The fourth-order valence-corrected chi connectivity index (χ4v) is 3.21. The molecule has 0 aromatic heterocycles. The quantitative estimate of drug-likeness (QED) is 0.764. The van der Waals surface area contributed by atoms with Crippen molar-refractivity contribution in [3.63, 3.8) is 0 Å². The number of carboxylic acid groups (broad SMARTS) is 1. The fourth-order valence-electron chi connectivity index (χ4n) is 3.21. The van der Waals surface area contributed by atoms with Crippen LogP contribution in [0.3, 0.4) is 0 Å². The Hall–Kier alpha value is -0.570. The Kier molecular flexibility index (Phi) is 5.64. The zero-order chi connectivity index (χ0) is 13.8. The number of carbonyl (C=O) groups is 1. The minimum absolute atomic E-state index is 0.0295. The van der Waals surface area contributed by atoms with Crippen LogP contribution < -0.4 is 5.73 Å². The van der Waals surface area contributed by atoms with Gasteiger partial charge in [0.15, 0.2) is 0 Å². The van der Waals surface area contributed by atoms with Crippen molar-refractivity contribution in [3.8, 4) is 0 Å². The van der Waals surface area contributed by atoms with Crippen LogP contribution in [0.5, 0.6) is 0 Å². The van der Waals surface area contributed by atoms with Crippen LogP contribution >= 0.6 is 0 Å². The van der Waals surface area contributed by atoms with Crippen molar-refractivity contribution < 1.29 is 9.90 Å². The van der Waals surface area contributed by atoms with Gasteiger partial charge in [-0.2, -0.15) is 0 Å². The number of hydrogen-bond acceptors (Lipinski definition) is 2. The molecule has 3 nitrogen and oxygen atoms in total. The van der Waals surface area contributed by atoms with Gasteiger partial charge in [0.2, 0.25) is 0 Å². The van der Waals surface area contributed by atoms with E-state index < -0.39 is 11.5 Å². The summed E-state index contributed by atoms with van der Waals surface area (Å²) in [7, 11) is 0. The van der Waals surface area contributed by atoms with Gasteiger partial charge in [-0.3, -0.25) is 4.79 Å². The zero-order valence-corrected chi connectivity index (χ0v) is 12.1. The van der Waals surface area contributed by atoms with Crippen molar-refractivity contribution in [1.82, 2.24) is 0 Å². The first-order valence-electron chi connectivity index (χ1n) is 7.41. The molecule has 1 aliphatic rings. The van der Waals surface area contributed by atoms with Crippen molar-refractivity contribution in [3.05, 3.63) is 0 Å². The first kappa shape index (κ1) is 15.5. The Labute approximate surface area is 111 Å². The normalized spacial score (nSPS) is 24.2. The van der Waals surface area contributed by atoms with Gasteiger partial charge in [-0.05, 0) is 31.1 Å². The highest BCUT2D eigenvalue weighted by Crippen LogP contribution is 2.36. The maximum Gasteiger partial charge on any atom is 0.323 e. The summed E-state index contributed by atoms with van der Waals surface area (Å²) < 4.78 is 0. The highest BCUT2D eigenvalue weighted by atomic mass is 16.4. The molecule has 1 saturated carbocycles. The summed E-state index contributed by atoms with van der Waals surface area (Å²) in [5.41, 5.74) is 4.84. The minimum Gasteiger partial charge on any atom is -0.480 e. The van der Waals surface area contributed by atoms with Gasteiger partial charge in [-0.15, -0.1) is 0 Å². The van der Waals surface area contributed by atoms with E-state index in [4.69, 9.17) is 5.73 Å². The van der Waals surface area contributed by atoms with E-state index in [2.05, 4.69) is 6.92 Å². The van der Waals surface area contributed by atoms with Crippen LogP contribution in [0, 0.1) is 17.8 Å². The van der Waals surface area contributed by atoms with Crippen molar-refractivity contribution in [2.24, 2.45) is 23.5 Å². The Morgan fingerprint density at radius 3 is 2.39 bits per heavy atom. The molecule has 106 valence electrons. The molecule has 0 aromatic rings. The molecule has 3 heteroatoms. The van der Waals surface area contributed by atoms with E-state index in [9.17, 15) is 9.90 Å². The number of aliphatic carboxylic acids is 1. The lowest BCUT2D eigenvalue weighted by Crippen LogP contribution is -2.51. The zero-order valence-electron chi connectivity index (χ0n) is 12.1. The Morgan fingerprint density at radius 2 is 1.94 bits per heavy atom. The van der Waals surface area contributed by atoms with Crippen LogP contribution in [0.15, 0.2) is 0 Å². The summed E-state index contributed by atoms with van der Waals surface area (Å²) in [5.74, 6) is 0.577. The first-order chi connectivity index (χ1) is 8.39. The molecule has 18 heavy (non-hydrogen) atoms. The van der Waals surface area contributed by atoms with Gasteiger partial charge in [0.1, 0.15) is 5.54 Å². The minimum atomic E-state index is -1.10. The van der Waals surface area contributed by atoms with Crippen LogP contribution in [0.4, 0.5) is 0 Å². The molecule has 3 N–H and O–H groups in total. The molecular formula is C15H29NO2. The smallest absolute Gasteiger partial charge is 0.323 e. The highest BCUT2D eigenvalue weighted by Gasteiger charge is 2.36. The number of hydrogen-bond donors (Lipinski definition) is 2. The molecule has 0 heterocycles. The van der Waals surface area contributed by atoms with Gasteiger partial charge in [0.25, 0.3) is 0 Å². The van der Waals surface area contributed by atoms with Gasteiger partial charge in [0, 0.05) is 0 Å². The lowest BCUT2D eigenvalue weighted by atomic mass is 9.72. The standard InChI is InChI=1S/C15H29NO2/c1-4-12(13-8-6-5-7-9-13)10-11(2)15(3,16)14(17)18/h11-13H,4-10,16H2,1-3H3,(H,17,18). The fraction of sp³-hybridized carbons (Fsp3) is 0.933. The summed E-state index contributed by atoms with van der Waals surface area (Å²) in [4.78, 5) is 11.2. The summed E-state index contributed by atoms with van der Waals surface area (Å²) in [6, 6.07) is 0.